The van der Waals surface area contributed by atoms with Gasteiger partial charge in [0, 0.05) is 5.02 Å². The number of hydrogen-bond donors (Lipinski definition) is 0. The molecule has 27 heavy (non-hydrogen) atoms. The van der Waals surface area contributed by atoms with Crippen LogP contribution in [0.15, 0.2) is 47.1 Å². The van der Waals surface area contributed by atoms with E-state index in [-0.39, 0.29) is 18.2 Å². The first-order chi connectivity index (χ1) is 13.0. The molecule has 6 nitrogen and oxygen atoms in total. The molecule has 0 atom stereocenters. The van der Waals surface area contributed by atoms with E-state index in [4.69, 9.17) is 42.7 Å². The Labute approximate surface area is 165 Å². The van der Waals surface area contributed by atoms with Crippen molar-refractivity contribution in [1.29, 1.82) is 5.26 Å². The predicted octanol–water partition coefficient (Wildman–Crippen LogP) is 4.25. The van der Waals surface area contributed by atoms with Gasteiger partial charge in [-0.05, 0) is 42.0 Å². The molecule has 0 saturated carbocycles. The van der Waals surface area contributed by atoms with E-state index in [1.165, 1.54) is 7.11 Å². The highest BCUT2D eigenvalue weighted by Crippen LogP contribution is 2.30. The van der Waals surface area contributed by atoms with Crippen LogP contribution in [-0.2, 0) is 9.53 Å². The number of ether oxygens (including phenoxy) is 3. The van der Waals surface area contributed by atoms with Crippen molar-refractivity contribution in [2.24, 2.45) is 4.99 Å². The maximum absolute atomic E-state index is 12.1. The molecule has 8 heteroatoms. The molecule has 3 rings (SSSR count). The van der Waals surface area contributed by atoms with Crippen molar-refractivity contribution in [2.45, 2.75) is 0 Å². The fourth-order valence-corrected chi connectivity index (χ4v) is 2.84. The van der Waals surface area contributed by atoms with Crippen LogP contribution >= 0.6 is 23.2 Å². The van der Waals surface area contributed by atoms with Crippen LogP contribution in [0.3, 0.4) is 0 Å². The summed E-state index contributed by atoms with van der Waals surface area (Å²) in [6.07, 6.45) is 1.55. The molecule has 0 fully saturated rings. The van der Waals surface area contributed by atoms with Crippen molar-refractivity contribution in [3.8, 4) is 17.6 Å². The van der Waals surface area contributed by atoms with Crippen LogP contribution in [-0.4, -0.2) is 25.6 Å². The maximum Gasteiger partial charge on any atom is 0.363 e. The van der Waals surface area contributed by atoms with Gasteiger partial charge in [-0.1, -0.05) is 29.3 Å². The van der Waals surface area contributed by atoms with Gasteiger partial charge in [0.1, 0.15) is 6.07 Å². The number of halogens is 2. The second kappa shape index (κ2) is 8.12. The summed E-state index contributed by atoms with van der Waals surface area (Å²) in [6, 6.07) is 11.7. The predicted molar refractivity (Wildman–Crippen MR) is 101 cm³/mol. The lowest BCUT2D eigenvalue weighted by Crippen LogP contribution is -2.05. The lowest BCUT2D eigenvalue weighted by atomic mass is 10.1. The maximum atomic E-state index is 12.1. The van der Waals surface area contributed by atoms with E-state index in [2.05, 4.69) is 4.99 Å². The molecule has 0 bridgehead atoms. The topological polar surface area (TPSA) is 80.9 Å². The van der Waals surface area contributed by atoms with E-state index in [1.807, 2.05) is 6.07 Å². The minimum Gasteiger partial charge on any atom is -0.493 e. The molecule has 2 aromatic carbocycles. The van der Waals surface area contributed by atoms with Crippen molar-refractivity contribution in [3.63, 3.8) is 0 Å². The minimum absolute atomic E-state index is 0.0986. The molecule has 0 amide bonds. The highest BCUT2D eigenvalue weighted by atomic mass is 35.5. The zero-order chi connectivity index (χ0) is 19.4. The summed E-state index contributed by atoms with van der Waals surface area (Å²) in [6.45, 7) is -0.0986. The lowest BCUT2D eigenvalue weighted by molar-refractivity contribution is -0.129. The number of nitriles is 1. The molecule has 0 saturated heterocycles. The normalized spacial score (nSPS) is 14.5. The third kappa shape index (κ3) is 4.22. The van der Waals surface area contributed by atoms with E-state index in [0.29, 0.717) is 32.7 Å². The molecule has 0 radical (unpaired) electrons. The zero-order valence-corrected chi connectivity index (χ0v) is 15.5. The molecule has 2 aromatic rings. The van der Waals surface area contributed by atoms with Crippen molar-refractivity contribution in [1.82, 2.24) is 0 Å². The number of cyclic esters (lactones) is 1. The average Bonchev–Trinajstić information content (AvgIpc) is 3.00. The standard InChI is InChI=1S/C19H12Cl2N2O4/c1-25-17-9-11(2-5-16(17)26-7-6-22)8-15-19(24)27-18(23-15)13-4-3-12(20)10-14(13)21/h2-5,8-10H,7H2,1H3/b15-8-. The van der Waals surface area contributed by atoms with E-state index < -0.39 is 5.97 Å². The highest BCUT2D eigenvalue weighted by molar-refractivity contribution is 6.37. The average molecular weight is 403 g/mol. The third-order valence-electron chi connectivity index (χ3n) is 3.57. The number of nitrogens with zero attached hydrogens (tertiary/aromatic N) is 2. The molecule has 1 aliphatic heterocycles. The fraction of sp³-hybridized carbons (Fsp3) is 0.105. The van der Waals surface area contributed by atoms with Crippen LogP contribution in [0.25, 0.3) is 6.08 Å². The van der Waals surface area contributed by atoms with Gasteiger partial charge in [0.15, 0.2) is 23.8 Å². The van der Waals surface area contributed by atoms with Crippen LogP contribution < -0.4 is 9.47 Å². The first-order valence-electron chi connectivity index (χ1n) is 7.67. The second-order valence-electron chi connectivity index (χ2n) is 5.32. The fourth-order valence-electron chi connectivity index (χ4n) is 2.35. The number of carbonyl (C=O) groups is 1. The van der Waals surface area contributed by atoms with Crippen molar-refractivity contribution in [3.05, 3.63) is 63.3 Å². The smallest absolute Gasteiger partial charge is 0.363 e. The Morgan fingerprint density at radius 2 is 2.04 bits per heavy atom. The summed E-state index contributed by atoms with van der Waals surface area (Å²) in [4.78, 5) is 16.4. The quantitative estimate of drug-likeness (QED) is 0.551. The van der Waals surface area contributed by atoms with Crippen molar-refractivity contribution >= 4 is 41.1 Å². The SMILES string of the molecule is COc1cc(/C=C2\N=C(c3ccc(Cl)cc3Cl)OC2=O)ccc1OCC#N. The first kappa shape index (κ1) is 18.8. The Balaban J connectivity index is 1.91. The Morgan fingerprint density at radius 1 is 1.22 bits per heavy atom. The van der Waals surface area contributed by atoms with Gasteiger partial charge in [-0.25, -0.2) is 9.79 Å². The summed E-state index contributed by atoms with van der Waals surface area (Å²) in [5.41, 5.74) is 1.23. The Morgan fingerprint density at radius 3 is 2.74 bits per heavy atom. The van der Waals surface area contributed by atoms with Gasteiger partial charge in [0.25, 0.3) is 0 Å². The van der Waals surface area contributed by atoms with Gasteiger partial charge in [-0.15, -0.1) is 0 Å². The molecule has 0 unspecified atom stereocenters. The molecular formula is C19H12Cl2N2O4. The molecule has 1 aliphatic rings. The first-order valence-corrected chi connectivity index (χ1v) is 8.43. The lowest BCUT2D eigenvalue weighted by Gasteiger charge is -2.08. The zero-order valence-electron chi connectivity index (χ0n) is 14.0. The second-order valence-corrected chi connectivity index (χ2v) is 6.16. The largest absolute Gasteiger partial charge is 0.493 e. The van der Waals surface area contributed by atoms with Gasteiger partial charge >= 0.3 is 5.97 Å². The van der Waals surface area contributed by atoms with E-state index in [9.17, 15) is 4.79 Å². The van der Waals surface area contributed by atoms with Crippen LogP contribution in [0.4, 0.5) is 0 Å². The van der Waals surface area contributed by atoms with Crippen molar-refractivity contribution in [2.75, 3.05) is 13.7 Å². The van der Waals surface area contributed by atoms with Crippen LogP contribution in [0.5, 0.6) is 11.5 Å². The van der Waals surface area contributed by atoms with Gasteiger partial charge in [0.2, 0.25) is 5.90 Å². The molecule has 136 valence electrons. The van der Waals surface area contributed by atoms with Crippen LogP contribution in [0, 0.1) is 11.3 Å². The summed E-state index contributed by atoms with van der Waals surface area (Å²) in [7, 11) is 1.48. The highest BCUT2D eigenvalue weighted by Gasteiger charge is 2.25. The van der Waals surface area contributed by atoms with Gasteiger partial charge < -0.3 is 14.2 Å². The molecule has 0 N–H and O–H groups in total. The van der Waals surface area contributed by atoms with E-state index in [1.54, 1.807) is 42.5 Å². The summed E-state index contributed by atoms with van der Waals surface area (Å²) in [5.74, 6) is 0.358. The number of esters is 1. The molecular weight excluding hydrogens is 391 g/mol. The van der Waals surface area contributed by atoms with Gasteiger partial charge in [-0.2, -0.15) is 5.26 Å². The third-order valence-corrected chi connectivity index (χ3v) is 4.11. The number of benzene rings is 2. The number of rotatable bonds is 5. The van der Waals surface area contributed by atoms with Gasteiger partial charge in [-0.3, -0.25) is 0 Å². The number of methoxy groups -OCH3 is 1. The summed E-state index contributed by atoms with van der Waals surface area (Å²) in [5, 5.41) is 9.41. The summed E-state index contributed by atoms with van der Waals surface area (Å²) < 4.78 is 15.7. The minimum atomic E-state index is -0.597. The molecule has 0 aliphatic carbocycles. The number of hydrogen-bond acceptors (Lipinski definition) is 6. The molecule has 1 heterocycles. The Kier molecular flexibility index (Phi) is 5.65. The number of carbonyl (C=O) groups excluding carboxylic acids is 1. The van der Waals surface area contributed by atoms with Crippen molar-refractivity contribution < 1.29 is 19.0 Å². The van der Waals surface area contributed by atoms with Gasteiger partial charge in [0.05, 0.1) is 17.7 Å². The van der Waals surface area contributed by atoms with Crippen LogP contribution in [0.1, 0.15) is 11.1 Å². The van der Waals surface area contributed by atoms with E-state index in [0.717, 1.165) is 0 Å². The van der Waals surface area contributed by atoms with E-state index >= 15 is 0 Å². The Bertz CT molecular complexity index is 1010. The molecule has 0 spiro atoms. The summed E-state index contributed by atoms with van der Waals surface area (Å²) >= 11 is 12.0. The number of aliphatic imine (C=N–C) groups is 1. The Hall–Kier alpha value is -3.01. The monoisotopic (exact) mass is 402 g/mol. The van der Waals surface area contributed by atoms with Crippen LogP contribution in [0.2, 0.25) is 10.0 Å². The molecule has 0 aromatic heterocycles.